The van der Waals surface area contributed by atoms with Crippen LogP contribution >= 0.6 is 0 Å². The summed E-state index contributed by atoms with van der Waals surface area (Å²) in [6.45, 7) is 2.51. The van der Waals surface area contributed by atoms with Gasteiger partial charge in [0.05, 0.1) is 24.9 Å². The molecular formula is C19H24N4O4. The lowest BCUT2D eigenvalue weighted by Gasteiger charge is -2.39. The average Bonchev–Trinajstić information content (AvgIpc) is 3.41. The maximum Gasteiger partial charge on any atom is 0.289 e. The molecule has 8 nitrogen and oxygen atoms in total. The Morgan fingerprint density at radius 2 is 2.19 bits per heavy atom. The summed E-state index contributed by atoms with van der Waals surface area (Å²) in [6, 6.07) is 3.49. The predicted molar refractivity (Wildman–Crippen MR) is 95.9 cm³/mol. The zero-order chi connectivity index (χ0) is 18.9. The molecule has 144 valence electrons. The molecule has 2 aliphatic heterocycles. The molecule has 1 unspecified atom stereocenters. The van der Waals surface area contributed by atoms with Crippen molar-refractivity contribution in [1.82, 2.24) is 19.4 Å². The molecule has 0 aromatic carbocycles. The molecular weight excluding hydrogens is 348 g/mol. The number of aliphatic hydroxyl groups excluding tert-OH is 1. The van der Waals surface area contributed by atoms with Gasteiger partial charge in [-0.05, 0) is 31.4 Å². The van der Waals surface area contributed by atoms with E-state index in [0.29, 0.717) is 50.7 Å². The monoisotopic (exact) mass is 372 g/mol. The number of aliphatic hydroxyl groups is 1. The number of carbonyl (C=O) groups excluding carboxylic acids is 2. The van der Waals surface area contributed by atoms with Crippen LogP contribution in [0.15, 0.2) is 35.3 Å². The highest BCUT2D eigenvalue weighted by molar-refractivity contribution is 5.93. The Balaban J connectivity index is 1.43. The summed E-state index contributed by atoms with van der Waals surface area (Å²) in [7, 11) is 0. The predicted octanol–water partition coefficient (Wildman–Crippen LogP) is 0.971. The molecule has 0 radical (unpaired) electrons. The Labute approximate surface area is 157 Å². The third-order valence-corrected chi connectivity index (χ3v) is 5.61. The number of likely N-dealkylation sites (tertiary alicyclic amines) is 2. The van der Waals surface area contributed by atoms with E-state index >= 15 is 0 Å². The lowest BCUT2D eigenvalue weighted by molar-refractivity contribution is -0.146. The van der Waals surface area contributed by atoms with Gasteiger partial charge in [0.25, 0.3) is 5.91 Å². The van der Waals surface area contributed by atoms with Gasteiger partial charge in [-0.2, -0.15) is 0 Å². The molecule has 2 aromatic rings. The number of piperidine rings is 1. The maximum absolute atomic E-state index is 12.9. The maximum atomic E-state index is 12.9. The second-order valence-corrected chi connectivity index (χ2v) is 7.38. The van der Waals surface area contributed by atoms with Crippen molar-refractivity contribution in [2.75, 3.05) is 32.8 Å². The van der Waals surface area contributed by atoms with Gasteiger partial charge in [-0.15, -0.1) is 0 Å². The summed E-state index contributed by atoms with van der Waals surface area (Å²) in [6.07, 6.45) is 7.59. The SMILES string of the molecule is O=C(c1ccc(Cn2ccnc2)o1)N1CCC2(CCCN(CCO)C2=O)C1. The summed E-state index contributed by atoms with van der Waals surface area (Å²) in [5.74, 6) is 0.889. The van der Waals surface area contributed by atoms with Crippen molar-refractivity contribution in [3.63, 3.8) is 0 Å². The number of carbonyl (C=O) groups is 2. The molecule has 0 saturated carbocycles. The number of rotatable bonds is 5. The second-order valence-electron chi connectivity index (χ2n) is 7.38. The molecule has 2 aromatic heterocycles. The highest BCUT2D eigenvalue weighted by Crippen LogP contribution is 2.40. The minimum Gasteiger partial charge on any atom is -0.454 e. The summed E-state index contributed by atoms with van der Waals surface area (Å²) < 4.78 is 7.59. The van der Waals surface area contributed by atoms with E-state index in [1.54, 1.807) is 34.5 Å². The molecule has 4 heterocycles. The molecule has 0 bridgehead atoms. The van der Waals surface area contributed by atoms with Crippen molar-refractivity contribution in [3.8, 4) is 0 Å². The Morgan fingerprint density at radius 1 is 1.30 bits per heavy atom. The summed E-state index contributed by atoms with van der Waals surface area (Å²) >= 11 is 0. The molecule has 27 heavy (non-hydrogen) atoms. The van der Waals surface area contributed by atoms with Gasteiger partial charge in [0.2, 0.25) is 5.91 Å². The average molecular weight is 372 g/mol. The van der Waals surface area contributed by atoms with E-state index in [0.717, 1.165) is 12.8 Å². The van der Waals surface area contributed by atoms with Crippen LogP contribution in [0.5, 0.6) is 0 Å². The molecule has 2 fully saturated rings. The van der Waals surface area contributed by atoms with Crippen LogP contribution in [0.25, 0.3) is 0 Å². The van der Waals surface area contributed by atoms with Crippen molar-refractivity contribution in [3.05, 3.63) is 42.4 Å². The lowest BCUT2D eigenvalue weighted by atomic mass is 9.78. The van der Waals surface area contributed by atoms with Crippen LogP contribution in [-0.4, -0.2) is 69.1 Å². The second kappa shape index (κ2) is 7.19. The van der Waals surface area contributed by atoms with Gasteiger partial charge in [-0.1, -0.05) is 0 Å². The Bertz CT molecular complexity index is 814. The topological polar surface area (TPSA) is 91.8 Å². The number of hydrogen-bond donors (Lipinski definition) is 1. The summed E-state index contributed by atoms with van der Waals surface area (Å²) in [5, 5.41) is 9.17. The zero-order valence-corrected chi connectivity index (χ0v) is 15.2. The molecule has 1 atom stereocenters. The van der Waals surface area contributed by atoms with Crippen molar-refractivity contribution < 1.29 is 19.1 Å². The standard InChI is InChI=1S/C19H24N4O4/c24-11-10-22-7-1-4-19(18(22)26)5-8-23(13-19)17(25)16-3-2-15(27-16)12-21-9-6-20-14-21/h2-3,6,9,14,24H,1,4-5,7-8,10-13H2. The first kappa shape index (κ1) is 17.8. The highest BCUT2D eigenvalue weighted by Gasteiger charge is 2.49. The number of aromatic nitrogens is 2. The van der Waals surface area contributed by atoms with Gasteiger partial charge in [0.1, 0.15) is 5.76 Å². The van der Waals surface area contributed by atoms with Crippen molar-refractivity contribution in [1.29, 1.82) is 0 Å². The first-order valence-corrected chi connectivity index (χ1v) is 9.35. The molecule has 2 aliphatic rings. The van der Waals surface area contributed by atoms with Crippen molar-refractivity contribution in [2.45, 2.75) is 25.8 Å². The molecule has 2 amide bonds. The molecule has 0 aliphatic carbocycles. The van der Waals surface area contributed by atoms with Crippen LogP contribution in [0.2, 0.25) is 0 Å². The van der Waals surface area contributed by atoms with E-state index in [4.69, 9.17) is 4.42 Å². The van der Waals surface area contributed by atoms with E-state index in [9.17, 15) is 14.7 Å². The molecule has 1 N–H and O–H groups in total. The third-order valence-electron chi connectivity index (χ3n) is 5.61. The number of β-amino-alcohol motifs (C(OH)–C–C–N with tert-alkyl or cyclic N) is 1. The number of imidazole rings is 1. The van der Waals surface area contributed by atoms with E-state index in [1.165, 1.54) is 0 Å². The largest absolute Gasteiger partial charge is 0.454 e. The van der Waals surface area contributed by atoms with E-state index in [-0.39, 0.29) is 18.4 Å². The lowest BCUT2D eigenvalue weighted by Crippen LogP contribution is -2.51. The number of amides is 2. The molecule has 8 heteroatoms. The summed E-state index contributed by atoms with van der Waals surface area (Å²) in [5.41, 5.74) is -0.505. The van der Waals surface area contributed by atoms with Crippen LogP contribution in [0, 0.1) is 5.41 Å². The van der Waals surface area contributed by atoms with Gasteiger partial charge in [-0.3, -0.25) is 9.59 Å². The first-order chi connectivity index (χ1) is 13.1. The van der Waals surface area contributed by atoms with Crippen molar-refractivity contribution in [2.24, 2.45) is 5.41 Å². The normalized spacial score (nSPS) is 22.8. The smallest absolute Gasteiger partial charge is 0.289 e. The summed E-state index contributed by atoms with van der Waals surface area (Å²) in [4.78, 5) is 33.2. The van der Waals surface area contributed by atoms with Crippen LogP contribution < -0.4 is 0 Å². The first-order valence-electron chi connectivity index (χ1n) is 9.35. The van der Waals surface area contributed by atoms with Crippen LogP contribution in [0.3, 0.4) is 0 Å². The molecule has 1 spiro atoms. The highest BCUT2D eigenvalue weighted by atomic mass is 16.4. The Kier molecular flexibility index (Phi) is 4.73. The number of hydrogen-bond acceptors (Lipinski definition) is 5. The van der Waals surface area contributed by atoms with E-state index in [2.05, 4.69) is 4.98 Å². The fourth-order valence-electron chi connectivity index (χ4n) is 4.20. The third kappa shape index (κ3) is 3.37. The fourth-order valence-corrected chi connectivity index (χ4v) is 4.20. The minimum absolute atomic E-state index is 0.0312. The van der Waals surface area contributed by atoms with Crippen molar-refractivity contribution >= 4 is 11.8 Å². The Hall–Kier alpha value is -2.61. The van der Waals surface area contributed by atoms with E-state index < -0.39 is 5.41 Å². The Morgan fingerprint density at radius 3 is 2.96 bits per heavy atom. The zero-order valence-electron chi connectivity index (χ0n) is 15.2. The minimum atomic E-state index is -0.505. The van der Waals surface area contributed by atoms with Crippen LogP contribution in [0.4, 0.5) is 0 Å². The van der Waals surface area contributed by atoms with Gasteiger partial charge < -0.3 is 23.9 Å². The molecule has 2 saturated heterocycles. The van der Waals surface area contributed by atoms with Crippen LogP contribution in [-0.2, 0) is 11.3 Å². The quantitative estimate of drug-likeness (QED) is 0.844. The van der Waals surface area contributed by atoms with Gasteiger partial charge >= 0.3 is 0 Å². The number of furan rings is 1. The van der Waals surface area contributed by atoms with Gasteiger partial charge in [0.15, 0.2) is 5.76 Å². The molecule has 4 rings (SSSR count). The van der Waals surface area contributed by atoms with Gasteiger partial charge in [-0.25, -0.2) is 4.98 Å². The van der Waals surface area contributed by atoms with E-state index in [1.807, 2.05) is 10.8 Å². The van der Waals surface area contributed by atoms with Crippen LogP contribution in [0.1, 0.15) is 35.6 Å². The fraction of sp³-hybridized carbons (Fsp3) is 0.526. The number of nitrogens with zero attached hydrogens (tertiary/aromatic N) is 4. The van der Waals surface area contributed by atoms with Gasteiger partial charge in [0, 0.05) is 38.6 Å².